The van der Waals surface area contributed by atoms with Crippen molar-refractivity contribution in [1.82, 2.24) is 4.98 Å². The Balaban J connectivity index is 2.33. The van der Waals surface area contributed by atoms with E-state index in [-0.39, 0.29) is 11.4 Å². The smallest absolute Gasteiger partial charge is 0.309 e. The summed E-state index contributed by atoms with van der Waals surface area (Å²) in [6, 6.07) is 4.02. The standard InChI is InChI=1S/C11H7ClFNO2S/c12-9-3-6(13)1-2-8(9)11-14-7(5-17-11)4-10(15)16/h1-3,5H,4H2,(H,15,16). The Morgan fingerprint density at radius 3 is 2.94 bits per heavy atom. The average Bonchev–Trinajstić information content (AvgIpc) is 2.65. The predicted octanol–water partition coefficient (Wildman–Crippen LogP) is 3.23. The van der Waals surface area contributed by atoms with Gasteiger partial charge in [0, 0.05) is 10.9 Å². The molecule has 17 heavy (non-hydrogen) atoms. The zero-order valence-corrected chi connectivity index (χ0v) is 10.1. The van der Waals surface area contributed by atoms with Crippen molar-refractivity contribution < 1.29 is 14.3 Å². The second-order valence-corrected chi connectivity index (χ2v) is 4.60. The molecule has 0 saturated carbocycles. The van der Waals surface area contributed by atoms with E-state index in [0.717, 1.165) is 0 Å². The second kappa shape index (κ2) is 4.81. The van der Waals surface area contributed by atoms with E-state index >= 15 is 0 Å². The largest absolute Gasteiger partial charge is 0.481 e. The van der Waals surface area contributed by atoms with E-state index in [1.54, 1.807) is 5.38 Å². The van der Waals surface area contributed by atoms with Crippen LogP contribution in [0.1, 0.15) is 5.69 Å². The van der Waals surface area contributed by atoms with Gasteiger partial charge in [-0.1, -0.05) is 11.6 Å². The van der Waals surface area contributed by atoms with Gasteiger partial charge >= 0.3 is 5.97 Å². The third-order valence-corrected chi connectivity index (χ3v) is 3.28. The van der Waals surface area contributed by atoms with Crippen molar-refractivity contribution in [3.05, 3.63) is 40.1 Å². The highest BCUT2D eigenvalue weighted by molar-refractivity contribution is 7.13. The highest BCUT2D eigenvalue weighted by atomic mass is 35.5. The number of aliphatic carboxylic acids is 1. The molecular formula is C11H7ClFNO2S. The van der Waals surface area contributed by atoms with Gasteiger partial charge in [-0.05, 0) is 18.2 Å². The van der Waals surface area contributed by atoms with Crippen molar-refractivity contribution in [2.45, 2.75) is 6.42 Å². The van der Waals surface area contributed by atoms with E-state index in [1.807, 2.05) is 0 Å². The first kappa shape index (κ1) is 12.0. The van der Waals surface area contributed by atoms with Gasteiger partial charge in [0.15, 0.2) is 0 Å². The molecule has 0 spiro atoms. The lowest BCUT2D eigenvalue weighted by Gasteiger charge is -1.99. The predicted molar refractivity (Wildman–Crippen MR) is 63.9 cm³/mol. The molecule has 1 heterocycles. The Labute approximate surface area is 106 Å². The van der Waals surface area contributed by atoms with Gasteiger partial charge in [0.25, 0.3) is 0 Å². The van der Waals surface area contributed by atoms with Crippen molar-refractivity contribution >= 4 is 28.9 Å². The van der Waals surface area contributed by atoms with Crippen LogP contribution in [-0.2, 0) is 11.2 Å². The molecule has 0 aliphatic heterocycles. The fourth-order valence-corrected chi connectivity index (χ4v) is 2.50. The van der Waals surface area contributed by atoms with Crippen LogP contribution in [0, 0.1) is 5.82 Å². The zero-order chi connectivity index (χ0) is 12.4. The Morgan fingerprint density at radius 1 is 1.53 bits per heavy atom. The molecule has 2 aromatic rings. The summed E-state index contributed by atoms with van der Waals surface area (Å²) >= 11 is 7.17. The van der Waals surface area contributed by atoms with E-state index in [9.17, 15) is 9.18 Å². The van der Waals surface area contributed by atoms with Crippen LogP contribution >= 0.6 is 22.9 Å². The maximum absolute atomic E-state index is 12.9. The molecule has 3 nitrogen and oxygen atoms in total. The molecule has 0 amide bonds. The summed E-state index contributed by atoms with van der Waals surface area (Å²) in [5, 5.41) is 11.1. The molecule has 1 N–H and O–H groups in total. The van der Waals surface area contributed by atoms with E-state index in [4.69, 9.17) is 16.7 Å². The van der Waals surface area contributed by atoms with Gasteiger partial charge in [-0.2, -0.15) is 0 Å². The maximum atomic E-state index is 12.9. The highest BCUT2D eigenvalue weighted by Crippen LogP contribution is 2.30. The number of hydrogen-bond donors (Lipinski definition) is 1. The lowest BCUT2D eigenvalue weighted by Crippen LogP contribution is -1.99. The summed E-state index contributed by atoms with van der Waals surface area (Å²) in [5.74, 6) is -1.35. The minimum Gasteiger partial charge on any atom is -0.481 e. The summed E-state index contributed by atoms with van der Waals surface area (Å²) in [6.07, 6.45) is -0.130. The second-order valence-electron chi connectivity index (χ2n) is 3.34. The molecule has 0 aliphatic carbocycles. The van der Waals surface area contributed by atoms with Gasteiger partial charge < -0.3 is 5.11 Å². The van der Waals surface area contributed by atoms with Crippen molar-refractivity contribution in [3.63, 3.8) is 0 Å². The van der Waals surface area contributed by atoms with Crippen molar-refractivity contribution in [2.75, 3.05) is 0 Å². The van der Waals surface area contributed by atoms with Crippen LogP contribution in [-0.4, -0.2) is 16.1 Å². The van der Waals surface area contributed by atoms with Gasteiger partial charge in [-0.15, -0.1) is 11.3 Å². The minimum atomic E-state index is -0.938. The number of aromatic nitrogens is 1. The van der Waals surface area contributed by atoms with Gasteiger partial charge in [0.2, 0.25) is 0 Å². The SMILES string of the molecule is O=C(O)Cc1csc(-c2ccc(F)cc2Cl)n1. The zero-order valence-electron chi connectivity index (χ0n) is 8.48. The fourth-order valence-electron chi connectivity index (χ4n) is 1.33. The topological polar surface area (TPSA) is 50.2 Å². The molecule has 0 saturated heterocycles. The van der Waals surface area contributed by atoms with E-state index < -0.39 is 11.8 Å². The first-order valence-corrected chi connectivity index (χ1v) is 5.93. The number of rotatable bonds is 3. The number of carbonyl (C=O) groups is 1. The molecule has 1 aromatic heterocycles. The molecule has 0 unspecified atom stereocenters. The maximum Gasteiger partial charge on any atom is 0.309 e. The molecule has 0 atom stereocenters. The van der Waals surface area contributed by atoms with Crippen LogP contribution < -0.4 is 0 Å². The Morgan fingerprint density at radius 2 is 2.29 bits per heavy atom. The molecular weight excluding hydrogens is 265 g/mol. The number of benzene rings is 1. The quantitative estimate of drug-likeness (QED) is 0.932. The van der Waals surface area contributed by atoms with Gasteiger partial charge in [-0.3, -0.25) is 4.79 Å². The van der Waals surface area contributed by atoms with E-state index in [2.05, 4.69) is 4.98 Å². The minimum absolute atomic E-state index is 0.130. The highest BCUT2D eigenvalue weighted by Gasteiger charge is 2.11. The Kier molecular flexibility index (Phi) is 3.40. The van der Waals surface area contributed by atoms with Crippen LogP contribution in [0.3, 0.4) is 0 Å². The molecule has 0 radical (unpaired) electrons. The van der Waals surface area contributed by atoms with Crippen molar-refractivity contribution in [3.8, 4) is 10.6 Å². The van der Waals surface area contributed by atoms with Gasteiger partial charge in [0.1, 0.15) is 10.8 Å². The summed E-state index contributed by atoms with van der Waals surface area (Å²) in [7, 11) is 0. The summed E-state index contributed by atoms with van der Waals surface area (Å²) in [4.78, 5) is 14.7. The number of nitrogens with zero attached hydrogens (tertiary/aromatic N) is 1. The molecule has 1 aromatic carbocycles. The third-order valence-electron chi connectivity index (χ3n) is 2.05. The van der Waals surface area contributed by atoms with Crippen LogP contribution in [0.5, 0.6) is 0 Å². The van der Waals surface area contributed by atoms with Crippen LogP contribution in [0.25, 0.3) is 10.6 Å². The van der Waals surface area contributed by atoms with Crippen LogP contribution in [0.4, 0.5) is 4.39 Å². The fraction of sp³-hybridized carbons (Fsp3) is 0.0909. The number of thiazole rings is 1. The van der Waals surface area contributed by atoms with Crippen LogP contribution in [0.2, 0.25) is 5.02 Å². The summed E-state index contributed by atoms with van der Waals surface area (Å²) < 4.78 is 12.9. The monoisotopic (exact) mass is 271 g/mol. The van der Waals surface area contributed by atoms with Gasteiger partial charge in [0.05, 0.1) is 17.1 Å². The van der Waals surface area contributed by atoms with Gasteiger partial charge in [-0.25, -0.2) is 9.37 Å². The van der Waals surface area contributed by atoms with Crippen molar-refractivity contribution in [2.24, 2.45) is 0 Å². The molecule has 88 valence electrons. The number of halogens is 2. The molecule has 6 heteroatoms. The third kappa shape index (κ3) is 2.81. The molecule has 0 bridgehead atoms. The molecule has 0 aliphatic rings. The molecule has 2 rings (SSSR count). The Bertz CT molecular complexity index is 570. The van der Waals surface area contributed by atoms with Crippen molar-refractivity contribution in [1.29, 1.82) is 0 Å². The number of carboxylic acids is 1. The summed E-state index contributed by atoms with van der Waals surface area (Å²) in [6.45, 7) is 0. The Hall–Kier alpha value is -1.46. The first-order chi connectivity index (χ1) is 8.06. The summed E-state index contributed by atoms with van der Waals surface area (Å²) in [5.41, 5.74) is 1.08. The lowest BCUT2D eigenvalue weighted by molar-refractivity contribution is -0.136. The van der Waals surface area contributed by atoms with E-state index in [1.165, 1.54) is 29.5 Å². The normalized spacial score (nSPS) is 10.5. The lowest BCUT2D eigenvalue weighted by atomic mass is 10.2. The first-order valence-electron chi connectivity index (χ1n) is 4.68. The average molecular weight is 272 g/mol. The number of hydrogen-bond acceptors (Lipinski definition) is 3. The molecule has 0 fully saturated rings. The van der Waals surface area contributed by atoms with E-state index in [0.29, 0.717) is 16.3 Å². The number of carboxylic acid groups (broad SMARTS) is 1. The van der Waals surface area contributed by atoms with Crippen LogP contribution in [0.15, 0.2) is 23.6 Å².